The summed E-state index contributed by atoms with van der Waals surface area (Å²) in [5.41, 5.74) is -1.21. The lowest BCUT2D eigenvalue weighted by Crippen LogP contribution is -2.68. The highest BCUT2D eigenvalue weighted by Crippen LogP contribution is 2.51. The molecule has 0 aromatic heterocycles. The molecule has 1 spiro atoms. The third-order valence-corrected chi connectivity index (χ3v) is 6.34. The lowest BCUT2D eigenvalue weighted by molar-refractivity contribution is -0.237. The number of anilines is 1. The van der Waals surface area contributed by atoms with Crippen molar-refractivity contribution in [2.24, 2.45) is 0 Å². The van der Waals surface area contributed by atoms with E-state index in [2.05, 4.69) is 27.9 Å². The van der Waals surface area contributed by atoms with Crippen LogP contribution in [0, 0.1) is 3.57 Å². The van der Waals surface area contributed by atoms with Crippen LogP contribution in [-0.2, 0) is 29.3 Å². The third kappa shape index (κ3) is 2.74. The Kier molecular flexibility index (Phi) is 4.84. The number of rotatable bonds is 4. The molecule has 28 heavy (non-hydrogen) atoms. The van der Waals surface area contributed by atoms with E-state index in [-0.39, 0.29) is 6.61 Å². The summed E-state index contributed by atoms with van der Waals surface area (Å²) in [7, 11) is 0. The van der Waals surface area contributed by atoms with Crippen molar-refractivity contribution in [1.29, 1.82) is 0 Å². The lowest BCUT2D eigenvalue weighted by Gasteiger charge is -2.48. The van der Waals surface area contributed by atoms with Gasteiger partial charge in [-0.1, -0.05) is 12.1 Å². The van der Waals surface area contributed by atoms with Crippen molar-refractivity contribution >= 4 is 40.3 Å². The van der Waals surface area contributed by atoms with Crippen LogP contribution in [0.5, 0.6) is 0 Å². The SMILES string of the molecule is CCOC(C)O[C@@H]1[C@H]2COC(C)(C)N2C(=O)O[C@]12C(=O)Nc1c(I)cccc12. The van der Waals surface area contributed by atoms with E-state index >= 15 is 0 Å². The number of ether oxygens (including phenoxy) is 4. The second-order valence-electron chi connectivity index (χ2n) is 7.49. The molecule has 4 atom stereocenters. The van der Waals surface area contributed by atoms with E-state index in [9.17, 15) is 9.59 Å². The van der Waals surface area contributed by atoms with Gasteiger partial charge in [0.05, 0.1) is 18.3 Å². The van der Waals surface area contributed by atoms with Gasteiger partial charge in [0.15, 0.2) is 6.29 Å². The monoisotopic (exact) mass is 502 g/mol. The van der Waals surface area contributed by atoms with Gasteiger partial charge in [-0.15, -0.1) is 0 Å². The van der Waals surface area contributed by atoms with E-state index in [4.69, 9.17) is 18.9 Å². The second-order valence-corrected chi connectivity index (χ2v) is 8.66. The Bertz CT molecular complexity index is 831. The van der Waals surface area contributed by atoms with Crippen molar-refractivity contribution in [3.8, 4) is 0 Å². The standard InChI is InChI=1S/C19H23IN2O6/c1-5-25-10(2)27-15-13-9-26-18(3,4)22(13)17(24)28-19(15)11-7-6-8-12(20)14(11)21-16(19)23/h6-8,10,13,15H,5,9H2,1-4H3,(H,21,23)/t10?,13-,15-,19+/m1/s1. The van der Waals surface area contributed by atoms with Gasteiger partial charge in [0.25, 0.3) is 5.91 Å². The van der Waals surface area contributed by atoms with Crippen LogP contribution in [0.2, 0.25) is 0 Å². The molecular formula is C19H23IN2O6. The number of nitrogens with one attached hydrogen (secondary N) is 1. The predicted octanol–water partition coefficient (Wildman–Crippen LogP) is 2.79. The quantitative estimate of drug-likeness (QED) is 0.504. The van der Waals surface area contributed by atoms with Crippen LogP contribution in [0.15, 0.2) is 18.2 Å². The minimum absolute atomic E-state index is 0.236. The van der Waals surface area contributed by atoms with Crippen LogP contribution < -0.4 is 5.32 Å². The molecule has 2 fully saturated rings. The summed E-state index contributed by atoms with van der Waals surface area (Å²) in [6, 6.07) is 5.02. The zero-order valence-corrected chi connectivity index (χ0v) is 18.3. The van der Waals surface area contributed by atoms with Gasteiger partial charge < -0.3 is 24.3 Å². The normalized spacial score (nSPS) is 31.4. The van der Waals surface area contributed by atoms with E-state index in [0.29, 0.717) is 17.9 Å². The van der Waals surface area contributed by atoms with Crippen LogP contribution in [-0.4, -0.2) is 54.3 Å². The number of fused-ring (bicyclic) bond motifs is 3. The van der Waals surface area contributed by atoms with Gasteiger partial charge in [-0.3, -0.25) is 9.69 Å². The number of hydrogen-bond donors (Lipinski definition) is 1. The summed E-state index contributed by atoms with van der Waals surface area (Å²) in [6.07, 6.45) is -1.99. The molecule has 8 nitrogen and oxygen atoms in total. The summed E-state index contributed by atoms with van der Waals surface area (Å²) < 4.78 is 24.4. The van der Waals surface area contributed by atoms with Crippen LogP contribution >= 0.6 is 22.6 Å². The number of halogens is 1. The number of benzene rings is 1. The van der Waals surface area contributed by atoms with E-state index in [0.717, 1.165) is 3.57 Å². The average Bonchev–Trinajstić information content (AvgIpc) is 3.08. The molecule has 0 aliphatic carbocycles. The van der Waals surface area contributed by atoms with E-state index in [1.54, 1.807) is 26.8 Å². The number of amides is 2. The topological polar surface area (TPSA) is 86.3 Å². The fourth-order valence-corrected chi connectivity index (χ4v) is 4.90. The number of para-hydroxylation sites is 1. The van der Waals surface area contributed by atoms with Crippen molar-refractivity contribution in [1.82, 2.24) is 4.90 Å². The van der Waals surface area contributed by atoms with Gasteiger partial charge in [-0.2, -0.15) is 0 Å². The molecule has 3 heterocycles. The van der Waals surface area contributed by atoms with E-state index in [1.807, 2.05) is 19.1 Å². The third-order valence-electron chi connectivity index (χ3n) is 5.44. The second kappa shape index (κ2) is 6.82. The van der Waals surface area contributed by atoms with Crippen molar-refractivity contribution < 1.29 is 28.5 Å². The summed E-state index contributed by atoms with van der Waals surface area (Å²) in [5.74, 6) is -0.418. The van der Waals surface area contributed by atoms with Gasteiger partial charge in [0.2, 0.25) is 5.60 Å². The fourth-order valence-electron chi connectivity index (χ4n) is 4.27. The van der Waals surface area contributed by atoms with Crippen molar-refractivity contribution in [3.63, 3.8) is 0 Å². The van der Waals surface area contributed by atoms with Gasteiger partial charge in [-0.25, -0.2) is 4.79 Å². The Labute approximate surface area is 177 Å². The van der Waals surface area contributed by atoms with Crippen molar-refractivity contribution in [3.05, 3.63) is 27.3 Å². The van der Waals surface area contributed by atoms with Gasteiger partial charge >= 0.3 is 6.09 Å². The Morgan fingerprint density at radius 1 is 1.39 bits per heavy atom. The van der Waals surface area contributed by atoms with Gasteiger partial charge in [0, 0.05) is 15.7 Å². The first-order chi connectivity index (χ1) is 13.2. The highest BCUT2D eigenvalue weighted by Gasteiger charge is 2.67. The molecule has 1 aromatic rings. The molecule has 0 bridgehead atoms. The molecule has 0 radical (unpaired) electrons. The molecule has 9 heteroatoms. The maximum Gasteiger partial charge on any atom is 0.413 e. The Hall–Kier alpha value is -1.43. The van der Waals surface area contributed by atoms with Gasteiger partial charge in [0.1, 0.15) is 11.8 Å². The summed E-state index contributed by atoms with van der Waals surface area (Å²) in [5, 5.41) is 2.88. The molecule has 152 valence electrons. The number of nitrogens with zero attached hydrogens (tertiary/aromatic N) is 1. The molecule has 4 rings (SSSR count). The highest BCUT2D eigenvalue weighted by molar-refractivity contribution is 14.1. The molecule has 2 amide bonds. The average molecular weight is 502 g/mol. The Morgan fingerprint density at radius 3 is 2.86 bits per heavy atom. The molecule has 2 saturated heterocycles. The van der Waals surface area contributed by atoms with Crippen LogP contribution in [0.4, 0.5) is 10.5 Å². The molecule has 3 aliphatic heterocycles. The first-order valence-electron chi connectivity index (χ1n) is 9.26. The van der Waals surface area contributed by atoms with E-state index < -0.39 is 41.8 Å². The zero-order chi connectivity index (χ0) is 20.3. The zero-order valence-electron chi connectivity index (χ0n) is 16.2. The van der Waals surface area contributed by atoms with Crippen LogP contribution in [0.25, 0.3) is 0 Å². The van der Waals surface area contributed by atoms with Crippen molar-refractivity contribution in [2.75, 3.05) is 18.5 Å². The Balaban J connectivity index is 1.85. The molecule has 0 saturated carbocycles. The summed E-state index contributed by atoms with van der Waals surface area (Å²) >= 11 is 2.15. The lowest BCUT2D eigenvalue weighted by atomic mass is 9.83. The molecule has 1 unspecified atom stereocenters. The highest BCUT2D eigenvalue weighted by atomic mass is 127. The minimum atomic E-state index is -1.59. The number of hydrogen-bond acceptors (Lipinski definition) is 6. The van der Waals surface area contributed by atoms with Gasteiger partial charge in [-0.05, 0) is 56.4 Å². The smallest absolute Gasteiger partial charge is 0.413 e. The largest absolute Gasteiger partial charge is 0.425 e. The maximum atomic E-state index is 13.2. The summed E-state index contributed by atoms with van der Waals surface area (Å²) in [4.78, 5) is 27.8. The van der Waals surface area contributed by atoms with E-state index in [1.165, 1.54) is 4.90 Å². The Morgan fingerprint density at radius 2 is 2.14 bits per heavy atom. The molecular weight excluding hydrogens is 479 g/mol. The number of carbonyl (C=O) groups is 2. The maximum absolute atomic E-state index is 13.2. The van der Waals surface area contributed by atoms with Crippen LogP contribution in [0.1, 0.15) is 33.3 Å². The summed E-state index contributed by atoms with van der Waals surface area (Å²) in [6.45, 7) is 7.91. The fraction of sp³-hybridized carbons (Fsp3) is 0.579. The molecule has 3 aliphatic rings. The first-order valence-corrected chi connectivity index (χ1v) is 10.3. The predicted molar refractivity (Wildman–Crippen MR) is 108 cm³/mol. The molecule has 1 N–H and O–H groups in total. The van der Waals surface area contributed by atoms with Crippen molar-refractivity contribution in [2.45, 2.75) is 57.5 Å². The minimum Gasteiger partial charge on any atom is -0.425 e. The van der Waals surface area contributed by atoms with Crippen LogP contribution in [0.3, 0.4) is 0 Å². The first kappa shape index (κ1) is 19.9. The molecule has 1 aromatic carbocycles. The number of carbonyl (C=O) groups excluding carboxylic acids is 2.